The van der Waals surface area contributed by atoms with E-state index in [1.54, 1.807) is 25.2 Å². The van der Waals surface area contributed by atoms with Crippen LogP contribution in [0.4, 0.5) is 26.3 Å². The minimum absolute atomic E-state index is 0.00257. The third-order valence-corrected chi connectivity index (χ3v) is 6.72. The molecule has 0 radical (unpaired) electrons. The predicted octanol–water partition coefficient (Wildman–Crippen LogP) is 3.15. The van der Waals surface area contributed by atoms with E-state index in [4.69, 9.17) is 20.1 Å². The largest absolute Gasteiger partial charge is 0.490 e. The molecule has 1 aromatic heterocycles. The van der Waals surface area contributed by atoms with Crippen LogP contribution in [-0.2, 0) is 27.5 Å². The summed E-state index contributed by atoms with van der Waals surface area (Å²) >= 11 is 0. The molecule has 16 heteroatoms. The van der Waals surface area contributed by atoms with E-state index < -0.39 is 38.8 Å². The van der Waals surface area contributed by atoms with Gasteiger partial charge in [-0.25, -0.2) is 17.2 Å². The fourth-order valence-corrected chi connectivity index (χ4v) is 4.55. The molecule has 0 unspecified atom stereocenters. The number of nitrogens with zero attached hydrogens (tertiary/aromatic N) is 2. The van der Waals surface area contributed by atoms with Crippen LogP contribution in [0.2, 0.25) is 0 Å². The van der Waals surface area contributed by atoms with Gasteiger partial charge in [0.2, 0.25) is 0 Å². The molecule has 0 aliphatic rings. The predicted molar refractivity (Wildman–Crippen MR) is 134 cm³/mol. The smallest absolute Gasteiger partial charge is 0.475 e. The number of alkyl halides is 6. The van der Waals surface area contributed by atoms with Crippen LogP contribution in [0, 0.1) is 0 Å². The summed E-state index contributed by atoms with van der Waals surface area (Å²) in [6.45, 7) is 1.87. The number of halogens is 6. The van der Waals surface area contributed by atoms with Crippen molar-refractivity contribution >= 4 is 26.9 Å². The quantitative estimate of drug-likeness (QED) is 0.290. The van der Waals surface area contributed by atoms with E-state index in [1.165, 1.54) is 6.20 Å². The number of hydrogen-bond acceptors (Lipinski definition) is 7. The summed E-state index contributed by atoms with van der Waals surface area (Å²) in [6, 6.07) is 10.5. The van der Waals surface area contributed by atoms with Crippen LogP contribution >= 0.6 is 0 Å². The third-order valence-electron chi connectivity index (χ3n) is 5.03. The first-order valence-electron chi connectivity index (χ1n) is 11.4. The van der Waals surface area contributed by atoms with Crippen LogP contribution < -0.4 is 5.32 Å². The lowest BCUT2D eigenvalue weighted by Gasteiger charge is -2.16. The third kappa shape index (κ3) is 10.1. The SMILES string of the molecule is CN(CCO)Cc1cccc2c1ccn2S(=O)(=O)c1cccc(C(F)(F)F)c1.CNCCO.O=C(O)C(F)(F)F. The monoisotopic (exact) mass is 601 g/mol. The lowest BCUT2D eigenvalue weighted by atomic mass is 10.1. The van der Waals surface area contributed by atoms with Gasteiger partial charge in [-0.2, -0.15) is 26.3 Å². The topological polar surface area (TPSA) is 132 Å². The zero-order valence-electron chi connectivity index (χ0n) is 21.4. The normalized spacial score (nSPS) is 12.0. The second-order valence-electron chi connectivity index (χ2n) is 8.08. The van der Waals surface area contributed by atoms with Gasteiger partial charge in [0.05, 0.1) is 29.2 Å². The molecule has 3 aromatic rings. The van der Waals surface area contributed by atoms with Gasteiger partial charge in [-0.15, -0.1) is 0 Å². The van der Waals surface area contributed by atoms with Gasteiger partial charge in [-0.1, -0.05) is 18.2 Å². The molecule has 0 bridgehead atoms. The molecule has 4 N–H and O–H groups in total. The van der Waals surface area contributed by atoms with Gasteiger partial charge >= 0.3 is 18.3 Å². The molecule has 0 fully saturated rings. The number of aromatic nitrogens is 1. The van der Waals surface area contributed by atoms with Crippen molar-refractivity contribution in [2.45, 2.75) is 23.8 Å². The molecule has 2 aromatic carbocycles. The van der Waals surface area contributed by atoms with Crippen molar-refractivity contribution < 1.29 is 54.9 Å². The van der Waals surface area contributed by atoms with Gasteiger partial charge in [0.1, 0.15) is 0 Å². The van der Waals surface area contributed by atoms with Crippen molar-refractivity contribution in [3.05, 3.63) is 65.9 Å². The van der Waals surface area contributed by atoms with Gasteiger partial charge < -0.3 is 20.6 Å². The number of aliphatic hydroxyl groups excluding tert-OH is 2. The van der Waals surface area contributed by atoms with E-state index in [0.29, 0.717) is 36.6 Å². The van der Waals surface area contributed by atoms with Gasteiger partial charge in [-0.05, 0) is 50.0 Å². The lowest BCUT2D eigenvalue weighted by molar-refractivity contribution is -0.192. The Balaban J connectivity index is 0.000000559. The fraction of sp³-hybridized carbons (Fsp3) is 0.375. The van der Waals surface area contributed by atoms with Gasteiger partial charge in [0.15, 0.2) is 0 Å². The first kappa shape index (κ1) is 34.8. The van der Waals surface area contributed by atoms with Gasteiger partial charge in [0, 0.05) is 31.2 Å². The van der Waals surface area contributed by atoms with E-state index in [0.717, 1.165) is 27.7 Å². The number of nitrogens with one attached hydrogen (secondary N) is 1. The summed E-state index contributed by atoms with van der Waals surface area (Å²) in [5, 5.41) is 27.6. The highest BCUT2D eigenvalue weighted by molar-refractivity contribution is 7.90. The number of aliphatic carboxylic acids is 1. The minimum Gasteiger partial charge on any atom is -0.475 e. The number of carboxylic acids is 1. The number of hydrogen-bond donors (Lipinski definition) is 4. The number of aliphatic hydroxyl groups is 2. The van der Waals surface area contributed by atoms with Crippen LogP contribution in [0.1, 0.15) is 11.1 Å². The second-order valence-corrected chi connectivity index (χ2v) is 9.90. The maximum absolute atomic E-state index is 13.0. The molecule has 0 aliphatic carbocycles. The Morgan fingerprint density at radius 3 is 2.08 bits per heavy atom. The molecule has 0 atom stereocenters. The number of carboxylic acid groups (broad SMARTS) is 1. The highest BCUT2D eigenvalue weighted by Gasteiger charge is 2.38. The molecular formula is C24H29F6N3O6S. The molecule has 0 saturated heterocycles. The van der Waals surface area contributed by atoms with E-state index in [-0.39, 0.29) is 13.2 Å². The molecule has 40 heavy (non-hydrogen) atoms. The summed E-state index contributed by atoms with van der Waals surface area (Å²) < 4.78 is 97.6. The van der Waals surface area contributed by atoms with Crippen LogP contribution in [0.3, 0.4) is 0 Å². The summed E-state index contributed by atoms with van der Waals surface area (Å²) in [6.07, 6.45) is -8.37. The standard InChI is InChI=1S/C19H19F3N2O3S.C3H9NO.C2HF3O2/c1-23(10-11-25)13-14-4-2-7-18-17(14)8-9-24(18)28(26,27)16-6-3-5-15(12-16)19(20,21)22;1-4-2-3-5;3-2(4,5)1(6)7/h2-9,12,25H,10-11,13H2,1H3;4-5H,2-3H2,1H3;(H,6,7). The Morgan fingerprint density at radius 2 is 1.60 bits per heavy atom. The van der Waals surface area contributed by atoms with Crippen molar-refractivity contribution in [1.29, 1.82) is 0 Å². The van der Waals surface area contributed by atoms with Gasteiger partial charge in [0.25, 0.3) is 10.0 Å². The Bertz CT molecular complexity index is 1340. The second kappa shape index (κ2) is 15.0. The molecule has 224 valence electrons. The Kier molecular flexibility index (Phi) is 13.1. The van der Waals surface area contributed by atoms with Crippen molar-refractivity contribution in [2.24, 2.45) is 0 Å². The molecule has 0 aliphatic heterocycles. The average Bonchev–Trinajstić information content (AvgIpc) is 3.31. The molecule has 0 saturated carbocycles. The average molecular weight is 602 g/mol. The van der Waals surface area contributed by atoms with Crippen LogP contribution in [-0.4, -0.2) is 85.2 Å². The van der Waals surface area contributed by atoms with Crippen molar-refractivity contribution in [2.75, 3.05) is 40.4 Å². The number of fused-ring (bicyclic) bond motifs is 1. The summed E-state index contributed by atoms with van der Waals surface area (Å²) in [5.41, 5.74) is 0.218. The number of rotatable bonds is 8. The summed E-state index contributed by atoms with van der Waals surface area (Å²) in [7, 11) is -0.571. The highest BCUT2D eigenvalue weighted by Crippen LogP contribution is 2.32. The Morgan fingerprint density at radius 1 is 1.00 bits per heavy atom. The minimum atomic E-state index is -5.08. The number of benzene rings is 2. The maximum atomic E-state index is 13.0. The molecule has 1 heterocycles. The fourth-order valence-electron chi connectivity index (χ4n) is 3.15. The highest BCUT2D eigenvalue weighted by atomic mass is 32.2. The first-order chi connectivity index (χ1) is 18.5. The van der Waals surface area contributed by atoms with Crippen LogP contribution in [0.5, 0.6) is 0 Å². The molecule has 9 nitrogen and oxygen atoms in total. The number of carbonyl (C=O) groups is 1. The first-order valence-corrected chi connectivity index (χ1v) is 12.8. The Hall–Kier alpha value is -3.18. The van der Waals surface area contributed by atoms with Crippen molar-refractivity contribution in [3.63, 3.8) is 0 Å². The van der Waals surface area contributed by atoms with Crippen molar-refractivity contribution in [3.8, 4) is 0 Å². The van der Waals surface area contributed by atoms with E-state index in [2.05, 4.69) is 5.32 Å². The Labute approximate surface area is 226 Å². The summed E-state index contributed by atoms with van der Waals surface area (Å²) in [4.78, 5) is 10.4. The maximum Gasteiger partial charge on any atom is 0.490 e. The lowest BCUT2D eigenvalue weighted by Crippen LogP contribution is -2.21. The molecule has 0 spiro atoms. The molecule has 3 rings (SSSR count). The zero-order valence-corrected chi connectivity index (χ0v) is 22.2. The molecular weight excluding hydrogens is 572 g/mol. The van der Waals surface area contributed by atoms with E-state index in [1.807, 2.05) is 18.0 Å². The van der Waals surface area contributed by atoms with E-state index >= 15 is 0 Å². The van der Waals surface area contributed by atoms with Gasteiger partial charge in [-0.3, -0.25) is 4.90 Å². The number of likely N-dealkylation sites (N-methyl/N-ethyl adjacent to an activating group) is 2. The molecule has 0 amide bonds. The zero-order chi connectivity index (χ0) is 30.7. The van der Waals surface area contributed by atoms with Crippen LogP contribution in [0.15, 0.2) is 59.6 Å². The van der Waals surface area contributed by atoms with Crippen molar-refractivity contribution in [1.82, 2.24) is 14.2 Å². The van der Waals surface area contributed by atoms with E-state index in [9.17, 15) is 34.8 Å². The van der Waals surface area contributed by atoms with Crippen LogP contribution in [0.25, 0.3) is 10.9 Å². The summed E-state index contributed by atoms with van der Waals surface area (Å²) in [5.74, 6) is -2.76.